The molecule has 9 nitrogen and oxygen atoms in total. The number of anilines is 1. The monoisotopic (exact) mass is 545 g/mol. The van der Waals surface area contributed by atoms with Gasteiger partial charge >= 0.3 is 0 Å². The van der Waals surface area contributed by atoms with Crippen molar-refractivity contribution in [1.82, 2.24) is 20.3 Å². The predicted molar refractivity (Wildman–Crippen MR) is 149 cm³/mol. The number of hydrogen-bond acceptors (Lipinski definition) is 6. The standard InChI is InChI=1S/C30H32FN5O4/c1-19-12-13-21(16-24(19)31)36(28(37)18-35-26-11-7-6-10-25(26)33-34-35)29(30(38)32-20-8-4-5-9-20)23-15-14-22(39-2)17-27(23)40-3/h6-7,10-17,20,29H,4-5,8-9,18H2,1-3H3,(H,32,38). The van der Waals surface area contributed by atoms with Gasteiger partial charge in [-0.3, -0.25) is 14.5 Å². The van der Waals surface area contributed by atoms with Crippen LogP contribution in [0.15, 0.2) is 60.7 Å². The van der Waals surface area contributed by atoms with Crippen LogP contribution in [0.1, 0.15) is 42.9 Å². The second-order valence-corrected chi connectivity index (χ2v) is 9.93. The minimum absolute atomic E-state index is 0.00907. The van der Waals surface area contributed by atoms with E-state index in [1.807, 2.05) is 18.2 Å². The first kappa shape index (κ1) is 27.1. The molecule has 10 heteroatoms. The zero-order chi connectivity index (χ0) is 28.2. The highest BCUT2D eigenvalue weighted by Gasteiger charge is 2.37. The molecule has 1 heterocycles. The van der Waals surface area contributed by atoms with E-state index in [0.29, 0.717) is 33.7 Å². The Morgan fingerprint density at radius 1 is 1.07 bits per heavy atom. The Morgan fingerprint density at radius 2 is 1.85 bits per heavy atom. The Labute approximate surface area is 231 Å². The number of nitrogens with one attached hydrogen (secondary N) is 1. The van der Waals surface area contributed by atoms with Gasteiger partial charge in [0.15, 0.2) is 0 Å². The smallest absolute Gasteiger partial charge is 0.249 e. The highest BCUT2D eigenvalue weighted by Crippen LogP contribution is 2.37. The Morgan fingerprint density at radius 3 is 2.58 bits per heavy atom. The van der Waals surface area contributed by atoms with Crippen molar-refractivity contribution in [2.24, 2.45) is 0 Å². The average molecular weight is 546 g/mol. The van der Waals surface area contributed by atoms with Gasteiger partial charge in [0, 0.05) is 23.4 Å². The molecule has 0 aliphatic heterocycles. The van der Waals surface area contributed by atoms with E-state index >= 15 is 0 Å². The van der Waals surface area contributed by atoms with Crippen molar-refractivity contribution in [2.45, 2.75) is 51.2 Å². The summed E-state index contributed by atoms with van der Waals surface area (Å²) in [6.45, 7) is 1.42. The number of hydrogen-bond donors (Lipinski definition) is 1. The molecule has 0 bridgehead atoms. The van der Waals surface area contributed by atoms with E-state index in [0.717, 1.165) is 25.7 Å². The molecule has 1 fully saturated rings. The van der Waals surface area contributed by atoms with Crippen LogP contribution in [0.5, 0.6) is 11.5 Å². The molecule has 0 saturated heterocycles. The van der Waals surface area contributed by atoms with Gasteiger partial charge in [0.05, 0.1) is 19.7 Å². The number of halogens is 1. The molecule has 0 spiro atoms. The third-order valence-electron chi connectivity index (χ3n) is 7.35. The van der Waals surface area contributed by atoms with Crippen molar-refractivity contribution in [3.05, 3.63) is 77.6 Å². The molecule has 1 unspecified atom stereocenters. The van der Waals surface area contributed by atoms with Gasteiger partial charge in [-0.05, 0) is 61.7 Å². The number of nitrogens with zero attached hydrogens (tertiary/aromatic N) is 4. The lowest BCUT2D eigenvalue weighted by molar-refractivity contribution is -0.127. The summed E-state index contributed by atoms with van der Waals surface area (Å²) in [5.74, 6) is -0.443. The van der Waals surface area contributed by atoms with Crippen molar-refractivity contribution >= 4 is 28.5 Å². The van der Waals surface area contributed by atoms with Gasteiger partial charge in [0.25, 0.3) is 0 Å². The molecule has 1 saturated carbocycles. The molecule has 0 radical (unpaired) electrons. The van der Waals surface area contributed by atoms with Crippen LogP contribution in [0.4, 0.5) is 10.1 Å². The molecule has 40 heavy (non-hydrogen) atoms. The normalized spacial score (nSPS) is 14.2. The molecule has 2 amide bonds. The van der Waals surface area contributed by atoms with Crippen molar-refractivity contribution in [3.63, 3.8) is 0 Å². The number of ether oxygens (including phenoxy) is 2. The molecule has 3 aromatic carbocycles. The van der Waals surface area contributed by atoms with Crippen LogP contribution < -0.4 is 19.7 Å². The van der Waals surface area contributed by atoms with Gasteiger partial charge in [-0.2, -0.15) is 0 Å². The SMILES string of the molecule is COc1ccc(C(C(=O)NC2CCCC2)N(C(=O)Cn2nnc3ccccc32)c2ccc(C)c(F)c2)c(OC)c1. The molecule has 1 N–H and O–H groups in total. The molecular weight excluding hydrogens is 513 g/mol. The quantitative estimate of drug-likeness (QED) is 0.327. The van der Waals surface area contributed by atoms with E-state index in [4.69, 9.17) is 9.47 Å². The van der Waals surface area contributed by atoms with Gasteiger partial charge in [0.2, 0.25) is 11.8 Å². The number of para-hydroxylation sites is 1. The second-order valence-electron chi connectivity index (χ2n) is 9.93. The number of carbonyl (C=O) groups is 2. The number of rotatable bonds is 9. The summed E-state index contributed by atoms with van der Waals surface area (Å²) in [5.41, 5.74) is 2.40. The third-order valence-corrected chi connectivity index (χ3v) is 7.35. The zero-order valence-corrected chi connectivity index (χ0v) is 22.8. The van der Waals surface area contributed by atoms with Crippen LogP contribution in [-0.2, 0) is 16.1 Å². The van der Waals surface area contributed by atoms with Crippen LogP contribution in [-0.4, -0.2) is 47.1 Å². The summed E-state index contributed by atoms with van der Waals surface area (Å²) >= 11 is 0. The summed E-state index contributed by atoms with van der Waals surface area (Å²) in [6.07, 6.45) is 3.76. The van der Waals surface area contributed by atoms with Crippen LogP contribution in [0.3, 0.4) is 0 Å². The summed E-state index contributed by atoms with van der Waals surface area (Å²) in [6, 6.07) is 15.7. The first-order valence-corrected chi connectivity index (χ1v) is 13.3. The van der Waals surface area contributed by atoms with E-state index < -0.39 is 17.8 Å². The maximum absolute atomic E-state index is 14.9. The van der Waals surface area contributed by atoms with Crippen LogP contribution in [0, 0.1) is 12.7 Å². The van der Waals surface area contributed by atoms with E-state index in [1.165, 1.54) is 29.9 Å². The van der Waals surface area contributed by atoms with Gasteiger partial charge in [0.1, 0.15) is 35.4 Å². The summed E-state index contributed by atoms with van der Waals surface area (Å²) < 4.78 is 27.4. The fraction of sp³-hybridized carbons (Fsp3) is 0.333. The Kier molecular flexibility index (Phi) is 7.95. The lowest BCUT2D eigenvalue weighted by atomic mass is 10.00. The molecular formula is C30H32FN5O4. The molecule has 1 aliphatic rings. The highest BCUT2D eigenvalue weighted by atomic mass is 19.1. The van der Waals surface area contributed by atoms with Crippen molar-refractivity contribution in [1.29, 1.82) is 0 Å². The number of fused-ring (bicyclic) bond motifs is 1. The average Bonchev–Trinajstić information content (AvgIpc) is 3.63. The fourth-order valence-corrected chi connectivity index (χ4v) is 5.20. The van der Waals surface area contributed by atoms with Crippen LogP contribution >= 0.6 is 0 Å². The summed E-state index contributed by atoms with van der Waals surface area (Å²) in [5, 5.41) is 11.4. The van der Waals surface area contributed by atoms with Crippen molar-refractivity contribution < 1.29 is 23.5 Å². The van der Waals surface area contributed by atoms with Gasteiger partial charge in [-0.25, -0.2) is 9.07 Å². The lowest BCUT2D eigenvalue weighted by Crippen LogP contribution is -2.47. The third kappa shape index (κ3) is 5.47. The lowest BCUT2D eigenvalue weighted by Gasteiger charge is -2.33. The zero-order valence-electron chi connectivity index (χ0n) is 22.8. The van der Waals surface area contributed by atoms with E-state index in [1.54, 1.807) is 43.3 Å². The van der Waals surface area contributed by atoms with Crippen molar-refractivity contribution in [2.75, 3.05) is 19.1 Å². The fourth-order valence-electron chi connectivity index (χ4n) is 5.20. The minimum Gasteiger partial charge on any atom is -0.497 e. The van der Waals surface area contributed by atoms with E-state index in [2.05, 4.69) is 15.6 Å². The number of amides is 2. The van der Waals surface area contributed by atoms with E-state index in [-0.39, 0.29) is 24.2 Å². The summed E-state index contributed by atoms with van der Waals surface area (Å²) in [4.78, 5) is 29.6. The highest BCUT2D eigenvalue weighted by molar-refractivity contribution is 6.02. The largest absolute Gasteiger partial charge is 0.497 e. The number of benzene rings is 3. The maximum Gasteiger partial charge on any atom is 0.249 e. The summed E-state index contributed by atoms with van der Waals surface area (Å²) in [7, 11) is 3.02. The van der Waals surface area contributed by atoms with Gasteiger partial charge < -0.3 is 14.8 Å². The molecule has 1 aliphatic carbocycles. The Hall–Kier alpha value is -4.47. The number of methoxy groups -OCH3 is 2. The van der Waals surface area contributed by atoms with Crippen LogP contribution in [0.25, 0.3) is 11.0 Å². The van der Waals surface area contributed by atoms with Crippen molar-refractivity contribution in [3.8, 4) is 11.5 Å². The first-order chi connectivity index (χ1) is 19.4. The Bertz CT molecular complexity index is 1530. The molecule has 5 rings (SSSR count). The predicted octanol–water partition coefficient (Wildman–Crippen LogP) is 4.73. The number of aromatic nitrogens is 3. The maximum atomic E-state index is 14.9. The Balaban J connectivity index is 1.64. The minimum atomic E-state index is -1.16. The molecule has 208 valence electrons. The van der Waals surface area contributed by atoms with Crippen LogP contribution in [0.2, 0.25) is 0 Å². The second kappa shape index (κ2) is 11.7. The van der Waals surface area contributed by atoms with E-state index in [9.17, 15) is 14.0 Å². The number of carbonyl (C=O) groups excluding carboxylic acids is 2. The topological polar surface area (TPSA) is 98.6 Å². The molecule has 1 atom stereocenters. The first-order valence-electron chi connectivity index (χ1n) is 13.3. The van der Waals surface area contributed by atoms with Gasteiger partial charge in [-0.15, -0.1) is 5.10 Å². The molecule has 4 aromatic rings. The van der Waals surface area contributed by atoms with Gasteiger partial charge in [-0.1, -0.05) is 36.3 Å². The molecule has 1 aromatic heterocycles. The number of aryl methyl sites for hydroxylation is 1.